The van der Waals surface area contributed by atoms with Gasteiger partial charge in [0, 0.05) is 13.2 Å². The molecule has 2 N–H and O–H groups in total. The van der Waals surface area contributed by atoms with E-state index in [2.05, 4.69) is 10.6 Å². The normalized spacial score (nSPS) is 17.5. The summed E-state index contributed by atoms with van der Waals surface area (Å²) in [5, 5.41) is 5.60. The number of ether oxygens (including phenoxy) is 1. The van der Waals surface area contributed by atoms with Crippen LogP contribution in [0.3, 0.4) is 0 Å². The molecule has 0 bridgehead atoms. The van der Waals surface area contributed by atoms with E-state index in [0.29, 0.717) is 23.9 Å². The summed E-state index contributed by atoms with van der Waals surface area (Å²) in [6, 6.07) is 2.40. The Hall–Kier alpha value is -1.33. The smallest absolute Gasteiger partial charge is 0.319 e. The summed E-state index contributed by atoms with van der Waals surface area (Å²) >= 11 is 5.91. The molecule has 122 valence electrons. The summed E-state index contributed by atoms with van der Waals surface area (Å²) in [6.45, 7) is 3.10. The van der Waals surface area contributed by atoms with Gasteiger partial charge in [0.2, 0.25) is 0 Å². The third-order valence-corrected chi connectivity index (χ3v) is 4.07. The number of anilines is 1. The van der Waals surface area contributed by atoms with Crippen LogP contribution < -0.4 is 10.6 Å². The van der Waals surface area contributed by atoms with Crippen molar-refractivity contribution in [2.45, 2.75) is 45.1 Å². The Balaban J connectivity index is 1.66. The number of carbonyl (C=O) groups excluding carboxylic acids is 1. The largest absolute Gasteiger partial charge is 0.378 e. The molecule has 1 heterocycles. The number of halogens is 2. The van der Waals surface area contributed by atoms with E-state index in [1.807, 2.05) is 0 Å². The maximum absolute atomic E-state index is 13.3. The first-order valence-electron chi connectivity index (χ1n) is 7.68. The van der Waals surface area contributed by atoms with Crippen LogP contribution in [-0.2, 0) is 4.74 Å². The molecule has 4 nitrogen and oxygen atoms in total. The number of urea groups is 1. The average molecular weight is 329 g/mol. The first-order chi connectivity index (χ1) is 10.6. The maximum atomic E-state index is 13.3. The van der Waals surface area contributed by atoms with Crippen molar-refractivity contribution in [3.05, 3.63) is 28.5 Å². The van der Waals surface area contributed by atoms with Crippen LogP contribution in [0.2, 0.25) is 5.02 Å². The molecule has 22 heavy (non-hydrogen) atoms. The average Bonchev–Trinajstić information content (AvgIpc) is 2.97. The molecule has 0 aliphatic carbocycles. The van der Waals surface area contributed by atoms with Gasteiger partial charge in [0.15, 0.2) is 0 Å². The number of carbonyl (C=O) groups is 1. The van der Waals surface area contributed by atoms with E-state index in [-0.39, 0.29) is 16.9 Å². The lowest BCUT2D eigenvalue weighted by Crippen LogP contribution is -2.29. The van der Waals surface area contributed by atoms with Gasteiger partial charge in [-0.15, -0.1) is 0 Å². The predicted molar refractivity (Wildman–Crippen MR) is 86.0 cm³/mol. The second-order valence-electron chi connectivity index (χ2n) is 5.59. The fourth-order valence-corrected chi connectivity index (χ4v) is 2.69. The Morgan fingerprint density at radius 2 is 2.27 bits per heavy atom. The Kier molecular flexibility index (Phi) is 6.46. The molecule has 0 aromatic heterocycles. The van der Waals surface area contributed by atoms with E-state index in [1.54, 1.807) is 6.92 Å². The van der Waals surface area contributed by atoms with Crippen LogP contribution in [0.25, 0.3) is 0 Å². The SMILES string of the molecule is Cc1cc(NC(=O)NCCCCC2CCCO2)c(Cl)cc1F. The number of aryl methyl sites for hydroxylation is 1. The van der Waals surface area contributed by atoms with Gasteiger partial charge in [-0.2, -0.15) is 0 Å². The first-order valence-corrected chi connectivity index (χ1v) is 8.06. The Morgan fingerprint density at radius 3 is 3.00 bits per heavy atom. The topological polar surface area (TPSA) is 50.4 Å². The molecule has 1 fully saturated rings. The molecule has 0 radical (unpaired) electrons. The molecule has 0 saturated carbocycles. The number of hydrogen-bond donors (Lipinski definition) is 2. The minimum absolute atomic E-state index is 0.191. The molecule has 1 aromatic rings. The third kappa shape index (κ3) is 5.14. The Bertz CT molecular complexity index is 519. The van der Waals surface area contributed by atoms with Crippen molar-refractivity contribution < 1.29 is 13.9 Å². The molecule has 2 rings (SSSR count). The van der Waals surface area contributed by atoms with Gasteiger partial charge in [-0.25, -0.2) is 9.18 Å². The zero-order chi connectivity index (χ0) is 15.9. The molecule has 1 saturated heterocycles. The van der Waals surface area contributed by atoms with Crippen molar-refractivity contribution in [3.8, 4) is 0 Å². The summed E-state index contributed by atoms with van der Waals surface area (Å²) in [7, 11) is 0. The van der Waals surface area contributed by atoms with Crippen LogP contribution >= 0.6 is 11.6 Å². The van der Waals surface area contributed by atoms with E-state index in [1.165, 1.54) is 12.1 Å². The van der Waals surface area contributed by atoms with Gasteiger partial charge in [0.05, 0.1) is 16.8 Å². The number of nitrogens with one attached hydrogen (secondary N) is 2. The maximum Gasteiger partial charge on any atom is 0.319 e. The highest BCUT2D eigenvalue weighted by Gasteiger charge is 2.14. The summed E-state index contributed by atoms with van der Waals surface area (Å²) in [5.41, 5.74) is 0.855. The molecule has 1 unspecified atom stereocenters. The van der Waals surface area contributed by atoms with Gasteiger partial charge >= 0.3 is 6.03 Å². The van der Waals surface area contributed by atoms with E-state index in [4.69, 9.17) is 16.3 Å². The minimum atomic E-state index is -0.384. The summed E-state index contributed by atoms with van der Waals surface area (Å²) in [4.78, 5) is 11.8. The van der Waals surface area contributed by atoms with Crippen molar-refractivity contribution in [2.24, 2.45) is 0 Å². The van der Waals surface area contributed by atoms with E-state index in [0.717, 1.165) is 38.7 Å². The fraction of sp³-hybridized carbons (Fsp3) is 0.562. The van der Waals surface area contributed by atoms with E-state index in [9.17, 15) is 9.18 Å². The van der Waals surface area contributed by atoms with Crippen LogP contribution in [0.15, 0.2) is 12.1 Å². The summed E-state index contributed by atoms with van der Waals surface area (Å²) < 4.78 is 18.8. The van der Waals surface area contributed by atoms with Crippen LogP contribution in [0.1, 0.15) is 37.7 Å². The first kappa shape index (κ1) is 17.0. The Labute approximate surface area is 135 Å². The van der Waals surface area contributed by atoms with Crippen LogP contribution in [0, 0.1) is 12.7 Å². The lowest BCUT2D eigenvalue weighted by atomic mass is 10.1. The van der Waals surface area contributed by atoms with Gasteiger partial charge in [-0.05, 0) is 56.7 Å². The van der Waals surface area contributed by atoms with Gasteiger partial charge in [0.1, 0.15) is 5.82 Å². The van der Waals surface area contributed by atoms with E-state index < -0.39 is 0 Å². The van der Waals surface area contributed by atoms with Gasteiger partial charge < -0.3 is 15.4 Å². The predicted octanol–water partition coefficient (Wildman–Crippen LogP) is 4.26. The number of hydrogen-bond acceptors (Lipinski definition) is 2. The Morgan fingerprint density at radius 1 is 1.45 bits per heavy atom. The van der Waals surface area contributed by atoms with Crippen LogP contribution in [0.5, 0.6) is 0 Å². The minimum Gasteiger partial charge on any atom is -0.378 e. The van der Waals surface area contributed by atoms with Gasteiger partial charge in [0.25, 0.3) is 0 Å². The highest BCUT2D eigenvalue weighted by molar-refractivity contribution is 6.33. The summed E-state index contributed by atoms with van der Waals surface area (Å²) in [6.07, 6.45) is 5.69. The number of benzene rings is 1. The lowest BCUT2D eigenvalue weighted by molar-refractivity contribution is 0.102. The molecule has 0 spiro atoms. The molecule has 2 amide bonds. The van der Waals surface area contributed by atoms with Crippen LogP contribution in [-0.4, -0.2) is 25.3 Å². The molecule has 1 aliphatic rings. The molecular formula is C16H22ClFN2O2. The number of amides is 2. The lowest BCUT2D eigenvalue weighted by Gasteiger charge is -2.11. The molecule has 1 aliphatic heterocycles. The molecule has 1 aromatic carbocycles. The second kappa shape index (κ2) is 8.34. The summed E-state index contributed by atoms with van der Waals surface area (Å²) in [5.74, 6) is -0.384. The zero-order valence-electron chi connectivity index (χ0n) is 12.8. The third-order valence-electron chi connectivity index (χ3n) is 3.76. The monoisotopic (exact) mass is 328 g/mol. The quantitative estimate of drug-likeness (QED) is 0.767. The molecular weight excluding hydrogens is 307 g/mol. The van der Waals surface area contributed by atoms with Crippen molar-refractivity contribution in [1.29, 1.82) is 0 Å². The van der Waals surface area contributed by atoms with Crippen molar-refractivity contribution >= 4 is 23.3 Å². The highest BCUT2D eigenvalue weighted by atomic mass is 35.5. The van der Waals surface area contributed by atoms with Gasteiger partial charge in [-0.1, -0.05) is 11.6 Å². The van der Waals surface area contributed by atoms with Crippen molar-refractivity contribution in [1.82, 2.24) is 5.32 Å². The number of rotatable bonds is 6. The van der Waals surface area contributed by atoms with Crippen molar-refractivity contribution in [2.75, 3.05) is 18.5 Å². The fourth-order valence-electron chi connectivity index (χ4n) is 2.49. The standard InChI is InChI=1S/C16H22ClFN2O2/c1-11-9-15(13(17)10-14(11)18)20-16(21)19-7-3-2-5-12-6-4-8-22-12/h9-10,12H,2-8H2,1H3,(H2,19,20,21). The van der Waals surface area contributed by atoms with Crippen LogP contribution in [0.4, 0.5) is 14.9 Å². The highest BCUT2D eigenvalue weighted by Crippen LogP contribution is 2.25. The molecule has 1 atom stereocenters. The number of unbranched alkanes of at least 4 members (excludes halogenated alkanes) is 1. The zero-order valence-corrected chi connectivity index (χ0v) is 13.5. The second-order valence-corrected chi connectivity index (χ2v) is 6.00. The molecule has 6 heteroatoms. The van der Waals surface area contributed by atoms with E-state index >= 15 is 0 Å². The van der Waals surface area contributed by atoms with Crippen molar-refractivity contribution in [3.63, 3.8) is 0 Å². The van der Waals surface area contributed by atoms with Gasteiger partial charge in [-0.3, -0.25) is 0 Å².